The van der Waals surface area contributed by atoms with Gasteiger partial charge in [0, 0.05) is 11.9 Å². The number of carbonyl (C=O) groups excluding carboxylic acids is 1. The van der Waals surface area contributed by atoms with Gasteiger partial charge in [-0.1, -0.05) is 22.0 Å². The van der Waals surface area contributed by atoms with Crippen LogP contribution in [-0.4, -0.2) is 45.6 Å². The molecule has 0 spiro atoms. The van der Waals surface area contributed by atoms with E-state index in [1.165, 1.54) is 6.07 Å². The van der Waals surface area contributed by atoms with Crippen LogP contribution >= 0.6 is 15.9 Å². The molecule has 0 saturated carbocycles. The number of nitrogens with zero attached hydrogens (tertiary/aromatic N) is 1. The number of phenols is 2. The molecule has 4 nitrogen and oxygen atoms in total. The molecule has 106 valence electrons. The van der Waals surface area contributed by atoms with E-state index < -0.39 is 35.7 Å². The highest BCUT2D eigenvalue weighted by Crippen LogP contribution is 2.28. The lowest BCUT2D eigenvalue weighted by molar-refractivity contribution is -0.140. The summed E-state index contributed by atoms with van der Waals surface area (Å²) in [5, 5.41) is 19.1. The molecule has 0 heterocycles. The number of amides is 1. The number of hydrogen-bond donors (Lipinski definition) is 2. The largest absolute Gasteiger partial charge is 0.507 e. The van der Waals surface area contributed by atoms with Crippen molar-refractivity contribution >= 4 is 21.8 Å². The highest BCUT2D eigenvalue weighted by atomic mass is 79.9. The van der Waals surface area contributed by atoms with Crippen molar-refractivity contribution in [3.8, 4) is 11.5 Å². The third-order valence-corrected chi connectivity index (χ3v) is 2.60. The fraction of sp³-hybridized carbons (Fsp3) is 0.364. The molecule has 0 radical (unpaired) electrons. The normalized spacial score (nSPS) is 11.4. The van der Waals surface area contributed by atoms with E-state index in [9.17, 15) is 28.2 Å². The van der Waals surface area contributed by atoms with Crippen molar-refractivity contribution in [3.63, 3.8) is 0 Å². The smallest absolute Gasteiger partial charge is 0.406 e. The van der Waals surface area contributed by atoms with Gasteiger partial charge in [0.05, 0.1) is 0 Å². The van der Waals surface area contributed by atoms with Crippen LogP contribution in [0.3, 0.4) is 0 Å². The third-order valence-electron chi connectivity index (χ3n) is 2.25. The van der Waals surface area contributed by atoms with Crippen LogP contribution in [0.1, 0.15) is 10.4 Å². The molecule has 1 aromatic rings. The number of alkyl halides is 4. The standard InChI is InChI=1S/C11H11BrF3NO3/c12-4-5-16(6-11(13,14)15)10(19)9-7(17)2-1-3-8(9)18/h1-3,17-18H,4-6H2. The van der Waals surface area contributed by atoms with E-state index in [4.69, 9.17) is 0 Å². The van der Waals surface area contributed by atoms with Crippen LogP contribution < -0.4 is 0 Å². The van der Waals surface area contributed by atoms with E-state index >= 15 is 0 Å². The molecule has 1 aromatic carbocycles. The van der Waals surface area contributed by atoms with E-state index in [1.54, 1.807) is 0 Å². The Labute approximate surface area is 115 Å². The summed E-state index contributed by atoms with van der Waals surface area (Å²) in [5.41, 5.74) is -0.535. The first kappa shape index (κ1) is 15.6. The minimum atomic E-state index is -4.56. The second-order valence-electron chi connectivity index (χ2n) is 3.70. The SMILES string of the molecule is O=C(c1c(O)cccc1O)N(CCBr)CC(F)(F)F. The molecular weight excluding hydrogens is 331 g/mol. The lowest BCUT2D eigenvalue weighted by Gasteiger charge is -2.23. The molecule has 2 N–H and O–H groups in total. The van der Waals surface area contributed by atoms with Crippen molar-refractivity contribution in [1.29, 1.82) is 0 Å². The van der Waals surface area contributed by atoms with Crippen LogP contribution in [-0.2, 0) is 0 Å². The number of halogens is 4. The number of phenolic OH excluding ortho intramolecular Hbond substituents is 2. The number of rotatable bonds is 4. The zero-order chi connectivity index (χ0) is 14.6. The average Bonchev–Trinajstić information content (AvgIpc) is 2.26. The Morgan fingerprint density at radius 2 is 1.79 bits per heavy atom. The second-order valence-corrected chi connectivity index (χ2v) is 4.50. The Bertz CT molecular complexity index is 445. The first-order valence-corrected chi connectivity index (χ1v) is 6.31. The predicted molar refractivity (Wildman–Crippen MR) is 65.5 cm³/mol. The molecule has 1 rings (SSSR count). The van der Waals surface area contributed by atoms with Gasteiger partial charge in [0.2, 0.25) is 0 Å². The summed E-state index contributed by atoms with van der Waals surface area (Å²) in [5.74, 6) is -2.20. The first-order chi connectivity index (χ1) is 8.76. The Hall–Kier alpha value is -1.44. The molecule has 0 unspecified atom stereocenters. The Balaban J connectivity index is 3.06. The first-order valence-electron chi connectivity index (χ1n) is 5.19. The van der Waals surface area contributed by atoms with Crippen LogP contribution in [0.25, 0.3) is 0 Å². The number of benzene rings is 1. The highest BCUT2D eigenvalue weighted by Gasteiger charge is 2.34. The Morgan fingerprint density at radius 1 is 1.26 bits per heavy atom. The molecule has 0 aliphatic rings. The van der Waals surface area contributed by atoms with Crippen molar-refractivity contribution in [2.75, 3.05) is 18.4 Å². The topological polar surface area (TPSA) is 60.8 Å². The molecule has 0 atom stereocenters. The average molecular weight is 342 g/mol. The summed E-state index contributed by atoms with van der Waals surface area (Å²) in [6.07, 6.45) is -4.56. The lowest BCUT2D eigenvalue weighted by Crippen LogP contribution is -2.40. The van der Waals surface area contributed by atoms with Gasteiger partial charge < -0.3 is 15.1 Å². The monoisotopic (exact) mass is 341 g/mol. The molecule has 1 amide bonds. The Morgan fingerprint density at radius 3 is 2.21 bits per heavy atom. The third kappa shape index (κ3) is 4.30. The quantitative estimate of drug-likeness (QED) is 0.827. The molecule has 0 bridgehead atoms. The van der Waals surface area contributed by atoms with Gasteiger partial charge in [-0.05, 0) is 12.1 Å². The van der Waals surface area contributed by atoms with Crippen LogP contribution in [0.2, 0.25) is 0 Å². The maximum absolute atomic E-state index is 12.4. The van der Waals surface area contributed by atoms with Crippen molar-refractivity contribution in [2.24, 2.45) is 0 Å². The summed E-state index contributed by atoms with van der Waals surface area (Å²) >= 11 is 2.95. The minimum Gasteiger partial charge on any atom is -0.507 e. The summed E-state index contributed by atoms with van der Waals surface area (Å²) in [6.45, 7) is -1.66. The molecular formula is C11H11BrF3NO3. The van der Waals surface area contributed by atoms with Crippen molar-refractivity contribution < 1.29 is 28.2 Å². The fourth-order valence-electron chi connectivity index (χ4n) is 1.48. The van der Waals surface area contributed by atoms with Crippen LogP contribution in [0.5, 0.6) is 11.5 Å². The van der Waals surface area contributed by atoms with Gasteiger partial charge in [-0.25, -0.2) is 0 Å². The zero-order valence-corrected chi connectivity index (χ0v) is 11.2. The number of hydrogen-bond acceptors (Lipinski definition) is 3. The van der Waals surface area contributed by atoms with Gasteiger partial charge in [0.1, 0.15) is 23.6 Å². The van der Waals surface area contributed by atoms with E-state index in [0.29, 0.717) is 4.90 Å². The Kier molecular flexibility index (Phi) is 5.04. The minimum absolute atomic E-state index is 0.142. The summed E-state index contributed by atoms with van der Waals surface area (Å²) in [6, 6.07) is 3.51. The molecule has 19 heavy (non-hydrogen) atoms. The van der Waals surface area contributed by atoms with Gasteiger partial charge in [-0.3, -0.25) is 4.79 Å². The van der Waals surface area contributed by atoms with E-state index in [0.717, 1.165) is 12.1 Å². The van der Waals surface area contributed by atoms with E-state index in [-0.39, 0.29) is 11.9 Å². The van der Waals surface area contributed by atoms with E-state index in [2.05, 4.69) is 15.9 Å². The van der Waals surface area contributed by atoms with Gasteiger partial charge in [-0.15, -0.1) is 0 Å². The van der Waals surface area contributed by atoms with Crippen molar-refractivity contribution in [1.82, 2.24) is 4.90 Å². The molecule has 0 fully saturated rings. The molecule has 0 aliphatic carbocycles. The van der Waals surface area contributed by atoms with Gasteiger partial charge in [0.15, 0.2) is 0 Å². The molecule has 8 heteroatoms. The van der Waals surface area contributed by atoms with Crippen molar-refractivity contribution in [2.45, 2.75) is 6.18 Å². The highest BCUT2D eigenvalue weighted by molar-refractivity contribution is 9.09. The fourth-order valence-corrected chi connectivity index (χ4v) is 1.90. The van der Waals surface area contributed by atoms with Crippen LogP contribution in [0.15, 0.2) is 18.2 Å². The summed E-state index contributed by atoms with van der Waals surface area (Å²) < 4.78 is 37.1. The zero-order valence-electron chi connectivity index (χ0n) is 9.62. The van der Waals surface area contributed by atoms with Crippen molar-refractivity contribution in [3.05, 3.63) is 23.8 Å². The van der Waals surface area contributed by atoms with Gasteiger partial charge >= 0.3 is 6.18 Å². The molecule has 0 saturated heterocycles. The van der Waals surface area contributed by atoms with Crippen LogP contribution in [0, 0.1) is 0 Å². The van der Waals surface area contributed by atoms with Gasteiger partial charge in [-0.2, -0.15) is 13.2 Å². The number of carbonyl (C=O) groups is 1. The van der Waals surface area contributed by atoms with Crippen LogP contribution in [0.4, 0.5) is 13.2 Å². The summed E-state index contributed by atoms with van der Waals surface area (Å²) in [7, 11) is 0. The molecule has 0 aromatic heterocycles. The number of aromatic hydroxyl groups is 2. The summed E-state index contributed by atoms with van der Waals surface area (Å²) in [4.78, 5) is 12.4. The predicted octanol–water partition coefficient (Wildman–Crippen LogP) is 2.50. The second kappa shape index (κ2) is 6.14. The van der Waals surface area contributed by atoms with Gasteiger partial charge in [0.25, 0.3) is 5.91 Å². The molecule has 0 aliphatic heterocycles. The lowest BCUT2D eigenvalue weighted by atomic mass is 10.1. The maximum Gasteiger partial charge on any atom is 0.406 e. The van der Waals surface area contributed by atoms with E-state index in [1.807, 2.05) is 0 Å². The maximum atomic E-state index is 12.4.